The molecule has 8 nitrogen and oxygen atoms in total. The molecule has 2 N–H and O–H groups in total. The third-order valence-electron chi connectivity index (χ3n) is 3.22. The Labute approximate surface area is 117 Å². The van der Waals surface area contributed by atoms with Crippen molar-refractivity contribution in [1.29, 1.82) is 0 Å². The van der Waals surface area contributed by atoms with Gasteiger partial charge in [-0.05, 0) is 12.8 Å². The first-order valence-electron chi connectivity index (χ1n) is 6.31. The van der Waals surface area contributed by atoms with Crippen LogP contribution in [0.3, 0.4) is 0 Å². The fraction of sp³-hybridized carbons (Fsp3) is 0.636. The second kappa shape index (κ2) is 6.33. The molecule has 1 aliphatic heterocycles. The number of aromatic amines is 1. The lowest BCUT2D eigenvalue weighted by Gasteiger charge is -2.32. The van der Waals surface area contributed by atoms with Crippen LogP contribution < -0.4 is 4.72 Å². The van der Waals surface area contributed by atoms with Crippen molar-refractivity contribution in [2.45, 2.75) is 23.8 Å². The van der Waals surface area contributed by atoms with Gasteiger partial charge in [-0.1, -0.05) is 0 Å². The van der Waals surface area contributed by atoms with Gasteiger partial charge in [0.2, 0.25) is 15.9 Å². The second-order valence-electron chi connectivity index (χ2n) is 4.64. The van der Waals surface area contributed by atoms with Crippen molar-refractivity contribution in [3.63, 3.8) is 0 Å². The summed E-state index contributed by atoms with van der Waals surface area (Å²) in [6.07, 6.45) is 3.78. The number of aromatic nitrogens is 2. The Balaban J connectivity index is 1.87. The SMILES string of the molecule is COCC(=O)N1CCC(NS(=O)(=O)c2cn[nH]c2)CC1. The summed E-state index contributed by atoms with van der Waals surface area (Å²) >= 11 is 0. The number of nitrogens with zero attached hydrogens (tertiary/aromatic N) is 2. The number of hydrogen-bond acceptors (Lipinski definition) is 5. The zero-order valence-electron chi connectivity index (χ0n) is 11.2. The summed E-state index contributed by atoms with van der Waals surface area (Å²) in [7, 11) is -2.06. The number of carbonyl (C=O) groups excluding carboxylic acids is 1. The molecular formula is C11H18N4O4S. The number of rotatable bonds is 5. The molecule has 0 aliphatic carbocycles. The Morgan fingerprint density at radius 1 is 1.55 bits per heavy atom. The molecule has 0 atom stereocenters. The fourth-order valence-electron chi connectivity index (χ4n) is 2.13. The maximum absolute atomic E-state index is 12.0. The van der Waals surface area contributed by atoms with Gasteiger partial charge in [-0.25, -0.2) is 13.1 Å². The zero-order valence-corrected chi connectivity index (χ0v) is 12.0. The maximum atomic E-state index is 12.0. The first kappa shape index (κ1) is 14.9. The Morgan fingerprint density at radius 2 is 2.25 bits per heavy atom. The van der Waals surface area contributed by atoms with Crippen LogP contribution in [0.2, 0.25) is 0 Å². The van der Waals surface area contributed by atoms with Crippen molar-refractivity contribution in [3.8, 4) is 0 Å². The minimum atomic E-state index is -3.54. The lowest BCUT2D eigenvalue weighted by atomic mass is 10.1. The number of amides is 1. The molecule has 112 valence electrons. The van der Waals surface area contributed by atoms with E-state index in [9.17, 15) is 13.2 Å². The third kappa shape index (κ3) is 3.56. The van der Waals surface area contributed by atoms with Crippen LogP contribution in [0.25, 0.3) is 0 Å². The molecule has 2 heterocycles. The molecule has 0 bridgehead atoms. The summed E-state index contributed by atoms with van der Waals surface area (Å²) in [5, 5.41) is 6.10. The number of nitrogens with one attached hydrogen (secondary N) is 2. The van der Waals surface area contributed by atoms with Gasteiger partial charge in [0.05, 0.1) is 6.20 Å². The van der Waals surface area contributed by atoms with Gasteiger partial charge >= 0.3 is 0 Å². The molecule has 1 saturated heterocycles. The van der Waals surface area contributed by atoms with Gasteiger partial charge in [0.25, 0.3) is 0 Å². The molecule has 0 aromatic carbocycles. The van der Waals surface area contributed by atoms with Crippen LogP contribution in [-0.4, -0.2) is 62.3 Å². The molecule has 0 radical (unpaired) electrons. The molecule has 0 spiro atoms. The van der Waals surface area contributed by atoms with E-state index >= 15 is 0 Å². The van der Waals surface area contributed by atoms with Gasteiger partial charge in [0.15, 0.2) is 0 Å². The standard InChI is InChI=1S/C11H18N4O4S/c1-19-8-11(16)15-4-2-9(3-5-15)14-20(17,18)10-6-12-13-7-10/h6-7,9,14H,2-5,8H2,1H3,(H,12,13). The van der Waals surface area contributed by atoms with Gasteiger partial charge in [-0.3, -0.25) is 9.89 Å². The molecule has 1 amide bonds. The molecule has 2 rings (SSSR count). The van der Waals surface area contributed by atoms with Crippen LogP contribution >= 0.6 is 0 Å². The van der Waals surface area contributed by atoms with E-state index in [1.165, 1.54) is 19.5 Å². The van der Waals surface area contributed by atoms with Crippen molar-refractivity contribution in [1.82, 2.24) is 19.8 Å². The first-order valence-corrected chi connectivity index (χ1v) is 7.79. The van der Waals surface area contributed by atoms with E-state index in [0.29, 0.717) is 25.9 Å². The minimum absolute atomic E-state index is 0.0609. The summed E-state index contributed by atoms with van der Waals surface area (Å²) in [6.45, 7) is 1.12. The van der Waals surface area contributed by atoms with Gasteiger partial charge in [-0.15, -0.1) is 0 Å². The molecule has 0 unspecified atom stereocenters. The minimum Gasteiger partial charge on any atom is -0.375 e. The number of methoxy groups -OCH3 is 1. The smallest absolute Gasteiger partial charge is 0.248 e. The van der Waals surface area contributed by atoms with Crippen LogP contribution in [0.15, 0.2) is 17.3 Å². The van der Waals surface area contributed by atoms with E-state index < -0.39 is 10.0 Å². The van der Waals surface area contributed by atoms with Crippen molar-refractivity contribution >= 4 is 15.9 Å². The van der Waals surface area contributed by atoms with Crippen LogP contribution in [0.4, 0.5) is 0 Å². The third-order valence-corrected chi connectivity index (χ3v) is 4.71. The van der Waals surface area contributed by atoms with E-state index in [0.717, 1.165) is 0 Å². The van der Waals surface area contributed by atoms with E-state index in [2.05, 4.69) is 14.9 Å². The summed E-state index contributed by atoms with van der Waals surface area (Å²) in [5.41, 5.74) is 0. The number of sulfonamides is 1. The molecule has 1 aromatic rings. The monoisotopic (exact) mass is 302 g/mol. The number of hydrogen-bond donors (Lipinski definition) is 2. The highest BCUT2D eigenvalue weighted by Gasteiger charge is 2.26. The molecule has 1 aliphatic rings. The van der Waals surface area contributed by atoms with Crippen molar-refractivity contribution in [2.75, 3.05) is 26.8 Å². The summed E-state index contributed by atoms with van der Waals surface area (Å²) in [6, 6.07) is -0.165. The zero-order chi connectivity index (χ0) is 14.6. The van der Waals surface area contributed by atoms with Gasteiger partial charge in [0.1, 0.15) is 11.5 Å². The normalized spacial score (nSPS) is 17.4. The van der Waals surface area contributed by atoms with Crippen LogP contribution in [0, 0.1) is 0 Å². The molecular weight excluding hydrogens is 284 g/mol. The second-order valence-corrected chi connectivity index (χ2v) is 6.36. The Bertz CT molecular complexity index is 535. The topological polar surface area (TPSA) is 104 Å². The van der Waals surface area contributed by atoms with Gasteiger partial charge in [0, 0.05) is 32.4 Å². The van der Waals surface area contributed by atoms with E-state index in [1.54, 1.807) is 4.90 Å². The van der Waals surface area contributed by atoms with E-state index in [-0.39, 0.29) is 23.5 Å². The molecule has 1 aromatic heterocycles. The predicted octanol–water partition coefficient (Wildman–Crippen LogP) is -0.675. The van der Waals surface area contributed by atoms with Crippen LogP contribution in [0.5, 0.6) is 0 Å². The Kier molecular flexibility index (Phi) is 4.73. The van der Waals surface area contributed by atoms with E-state index in [1.807, 2.05) is 0 Å². The summed E-state index contributed by atoms with van der Waals surface area (Å²) in [4.78, 5) is 13.4. The van der Waals surface area contributed by atoms with Crippen LogP contribution in [0.1, 0.15) is 12.8 Å². The molecule has 9 heteroatoms. The predicted molar refractivity (Wildman–Crippen MR) is 70.4 cm³/mol. The molecule has 1 fully saturated rings. The van der Waals surface area contributed by atoms with E-state index in [4.69, 9.17) is 4.74 Å². The highest BCUT2D eigenvalue weighted by Crippen LogP contribution is 2.14. The number of ether oxygens (including phenoxy) is 1. The number of H-pyrrole nitrogens is 1. The number of likely N-dealkylation sites (tertiary alicyclic amines) is 1. The van der Waals surface area contributed by atoms with Crippen molar-refractivity contribution in [2.24, 2.45) is 0 Å². The highest BCUT2D eigenvalue weighted by molar-refractivity contribution is 7.89. The van der Waals surface area contributed by atoms with Crippen LogP contribution in [-0.2, 0) is 19.6 Å². The van der Waals surface area contributed by atoms with Gasteiger partial charge in [-0.2, -0.15) is 5.10 Å². The number of piperidine rings is 1. The lowest BCUT2D eigenvalue weighted by molar-refractivity contribution is -0.136. The molecule has 0 saturated carbocycles. The lowest BCUT2D eigenvalue weighted by Crippen LogP contribution is -2.47. The average Bonchev–Trinajstić information content (AvgIpc) is 2.94. The first-order chi connectivity index (χ1) is 9.53. The Morgan fingerprint density at radius 3 is 2.80 bits per heavy atom. The summed E-state index contributed by atoms with van der Waals surface area (Å²) < 4.78 is 31.4. The van der Waals surface area contributed by atoms with Crippen molar-refractivity contribution in [3.05, 3.63) is 12.4 Å². The quantitative estimate of drug-likeness (QED) is 0.750. The van der Waals surface area contributed by atoms with Crippen molar-refractivity contribution < 1.29 is 17.9 Å². The number of carbonyl (C=O) groups is 1. The summed E-state index contributed by atoms with van der Waals surface area (Å²) in [5.74, 6) is -0.0661. The fourth-order valence-corrected chi connectivity index (χ4v) is 3.34. The largest absolute Gasteiger partial charge is 0.375 e. The molecule has 20 heavy (non-hydrogen) atoms. The Hall–Kier alpha value is -1.45. The average molecular weight is 302 g/mol. The van der Waals surface area contributed by atoms with Gasteiger partial charge < -0.3 is 9.64 Å². The maximum Gasteiger partial charge on any atom is 0.248 e. The highest BCUT2D eigenvalue weighted by atomic mass is 32.2.